The van der Waals surface area contributed by atoms with E-state index >= 15 is 0 Å². The van der Waals surface area contributed by atoms with Gasteiger partial charge in [0.2, 0.25) is 0 Å². The molecule has 0 atom stereocenters. The summed E-state index contributed by atoms with van der Waals surface area (Å²) >= 11 is 0. The summed E-state index contributed by atoms with van der Waals surface area (Å²) in [6, 6.07) is 5.84. The van der Waals surface area contributed by atoms with Crippen molar-refractivity contribution in [2.45, 2.75) is 25.5 Å². The number of nitrogens with zero attached hydrogens (tertiary/aromatic N) is 1. The summed E-state index contributed by atoms with van der Waals surface area (Å²) in [4.78, 5) is 2.42. The van der Waals surface area contributed by atoms with Crippen molar-refractivity contribution in [3.63, 3.8) is 0 Å². The van der Waals surface area contributed by atoms with Gasteiger partial charge in [0.1, 0.15) is 5.75 Å². The van der Waals surface area contributed by atoms with E-state index in [0.29, 0.717) is 6.10 Å². The summed E-state index contributed by atoms with van der Waals surface area (Å²) in [5, 5.41) is 0. The molecule has 0 radical (unpaired) electrons. The number of nitrogen functional groups attached to an aromatic ring is 1. The fraction of sp³-hybridized carbons (Fsp3) is 0.571. The lowest BCUT2D eigenvalue weighted by atomic mass is 10.1. The van der Waals surface area contributed by atoms with Gasteiger partial charge in [0.25, 0.3) is 0 Å². The van der Waals surface area contributed by atoms with Crippen molar-refractivity contribution in [2.24, 2.45) is 0 Å². The summed E-state index contributed by atoms with van der Waals surface area (Å²) in [6.07, 6.45) is 2.62. The summed E-state index contributed by atoms with van der Waals surface area (Å²) in [7, 11) is 3.47. The Bertz CT molecular complexity index is 387. The molecular formula is C14H22N2O2. The second-order valence-electron chi connectivity index (χ2n) is 4.78. The molecule has 0 unspecified atom stereocenters. The van der Waals surface area contributed by atoms with Gasteiger partial charge in [-0.2, -0.15) is 0 Å². The molecule has 4 nitrogen and oxygen atoms in total. The van der Waals surface area contributed by atoms with E-state index in [1.807, 2.05) is 18.2 Å². The number of rotatable bonds is 4. The summed E-state index contributed by atoms with van der Waals surface area (Å²) in [5.41, 5.74) is 7.99. The number of anilines is 1. The van der Waals surface area contributed by atoms with Crippen LogP contribution in [0, 0.1) is 0 Å². The smallest absolute Gasteiger partial charge is 0.119 e. The number of piperidine rings is 1. The number of hydrogen-bond donors (Lipinski definition) is 1. The lowest BCUT2D eigenvalue weighted by Gasteiger charge is -2.31. The Morgan fingerprint density at radius 2 is 2.00 bits per heavy atom. The highest BCUT2D eigenvalue weighted by Crippen LogP contribution is 2.23. The third-order valence-electron chi connectivity index (χ3n) is 3.61. The van der Waals surface area contributed by atoms with Crippen LogP contribution in [0.15, 0.2) is 18.2 Å². The lowest BCUT2D eigenvalue weighted by Crippen LogP contribution is -2.36. The molecule has 0 amide bonds. The van der Waals surface area contributed by atoms with Crippen LogP contribution in [0.4, 0.5) is 5.69 Å². The first-order valence-electron chi connectivity index (χ1n) is 6.40. The highest BCUT2D eigenvalue weighted by molar-refractivity contribution is 5.50. The summed E-state index contributed by atoms with van der Waals surface area (Å²) in [6.45, 7) is 3.02. The van der Waals surface area contributed by atoms with Crippen molar-refractivity contribution in [3.8, 4) is 5.75 Å². The van der Waals surface area contributed by atoms with Crippen LogP contribution < -0.4 is 10.5 Å². The van der Waals surface area contributed by atoms with Gasteiger partial charge >= 0.3 is 0 Å². The molecule has 1 aliphatic rings. The van der Waals surface area contributed by atoms with Crippen LogP contribution in [0.25, 0.3) is 0 Å². The van der Waals surface area contributed by atoms with Gasteiger partial charge < -0.3 is 15.2 Å². The first-order valence-corrected chi connectivity index (χ1v) is 6.40. The normalized spacial score (nSPS) is 17.9. The van der Waals surface area contributed by atoms with Gasteiger partial charge in [-0.15, -0.1) is 0 Å². The van der Waals surface area contributed by atoms with E-state index in [4.69, 9.17) is 15.2 Å². The zero-order valence-electron chi connectivity index (χ0n) is 11.2. The molecule has 0 bridgehead atoms. The molecule has 2 N–H and O–H groups in total. The second-order valence-corrected chi connectivity index (χ2v) is 4.78. The van der Waals surface area contributed by atoms with Crippen LogP contribution in [0.3, 0.4) is 0 Å². The molecule has 0 aromatic heterocycles. The predicted octanol–water partition coefficient (Wildman–Crippen LogP) is 1.89. The summed E-state index contributed by atoms with van der Waals surface area (Å²) < 4.78 is 10.6. The van der Waals surface area contributed by atoms with Gasteiger partial charge in [-0.1, -0.05) is 0 Å². The third kappa shape index (κ3) is 3.15. The Morgan fingerprint density at radius 3 is 2.61 bits per heavy atom. The Balaban J connectivity index is 1.97. The number of likely N-dealkylation sites (tertiary alicyclic amines) is 1. The zero-order chi connectivity index (χ0) is 13.0. The van der Waals surface area contributed by atoms with Crippen molar-refractivity contribution in [2.75, 3.05) is 33.0 Å². The number of benzene rings is 1. The fourth-order valence-electron chi connectivity index (χ4n) is 2.39. The first kappa shape index (κ1) is 13.2. The highest BCUT2D eigenvalue weighted by atomic mass is 16.5. The maximum absolute atomic E-state index is 6.01. The SMILES string of the molecule is COc1ccc(N)c(CN2CCC(OC)CC2)c1. The van der Waals surface area contributed by atoms with E-state index in [0.717, 1.165) is 49.5 Å². The van der Waals surface area contributed by atoms with Crippen molar-refractivity contribution < 1.29 is 9.47 Å². The van der Waals surface area contributed by atoms with Crippen LogP contribution in [-0.4, -0.2) is 38.3 Å². The Labute approximate surface area is 109 Å². The molecule has 1 fully saturated rings. The quantitative estimate of drug-likeness (QED) is 0.829. The van der Waals surface area contributed by atoms with Gasteiger partial charge in [0, 0.05) is 32.4 Å². The maximum atomic E-state index is 6.01. The first-order chi connectivity index (χ1) is 8.72. The molecule has 1 saturated heterocycles. The number of hydrogen-bond acceptors (Lipinski definition) is 4. The minimum Gasteiger partial charge on any atom is -0.497 e. The van der Waals surface area contributed by atoms with Crippen LogP contribution in [0.5, 0.6) is 5.75 Å². The van der Waals surface area contributed by atoms with Crippen LogP contribution in [0.1, 0.15) is 18.4 Å². The second kappa shape index (κ2) is 6.07. The van der Waals surface area contributed by atoms with E-state index in [1.54, 1.807) is 14.2 Å². The average molecular weight is 250 g/mol. The third-order valence-corrected chi connectivity index (χ3v) is 3.61. The van der Waals surface area contributed by atoms with E-state index < -0.39 is 0 Å². The van der Waals surface area contributed by atoms with Crippen LogP contribution >= 0.6 is 0 Å². The Morgan fingerprint density at radius 1 is 1.28 bits per heavy atom. The van der Waals surface area contributed by atoms with E-state index in [9.17, 15) is 0 Å². The van der Waals surface area contributed by atoms with Crippen molar-refractivity contribution in [1.82, 2.24) is 4.90 Å². The monoisotopic (exact) mass is 250 g/mol. The standard InChI is InChI=1S/C14H22N2O2/c1-17-12-5-7-16(8-6-12)10-11-9-13(18-2)3-4-14(11)15/h3-4,9,12H,5-8,10,15H2,1-2H3. The molecule has 4 heteroatoms. The van der Waals surface area contributed by atoms with Crippen molar-refractivity contribution in [3.05, 3.63) is 23.8 Å². The largest absolute Gasteiger partial charge is 0.497 e. The summed E-state index contributed by atoms with van der Waals surface area (Å²) in [5.74, 6) is 0.867. The van der Waals surface area contributed by atoms with E-state index in [-0.39, 0.29) is 0 Å². The molecule has 1 heterocycles. The molecule has 100 valence electrons. The van der Waals surface area contributed by atoms with Crippen molar-refractivity contribution >= 4 is 5.69 Å². The van der Waals surface area contributed by atoms with E-state index in [1.165, 1.54) is 0 Å². The Hall–Kier alpha value is -1.26. The fourth-order valence-corrected chi connectivity index (χ4v) is 2.39. The van der Waals surface area contributed by atoms with Crippen LogP contribution in [0.2, 0.25) is 0 Å². The van der Waals surface area contributed by atoms with Gasteiger partial charge in [-0.05, 0) is 36.6 Å². The molecule has 1 aromatic rings. The number of nitrogens with two attached hydrogens (primary N) is 1. The molecule has 18 heavy (non-hydrogen) atoms. The number of methoxy groups -OCH3 is 2. The van der Waals surface area contributed by atoms with Crippen molar-refractivity contribution in [1.29, 1.82) is 0 Å². The molecule has 0 saturated carbocycles. The maximum Gasteiger partial charge on any atom is 0.119 e. The zero-order valence-corrected chi connectivity index (χ0v) is 11.2. The number of ether oxygens (including phenoxy) is 2. The molecule has 0 aliphatic carbocycles. The topological polar surface area (TPSA) is 47.7 Å². The van der Waals surface area contributed by atoms with Gasteiger partial charge in [0.05, 0.1) is 13.2 Å². The van der Waals surface area contributed by atoms with Gasteiger partial charge in [-0.3, -0.25) is 4.90 Å². The van der Waals surface area contributed by atoms with E-state index in [2.05, 4.69) is 4.90 Å². The lowest BCUT2D eigenvalue weighted by molar-refractivity contribution is 0.0389. The molecule has 1 aromatic carbocycles. The van der Waals surface area contributed by atoms with Gasteiger partial charge in [-0.25, -0.2) is 0 Å². The predicted molar refractivity (Wildman–Crippen MR) is 72.7 cm³/mol. The molecule has 1 aliphatic heterocycles. The Kier molecular flexibility index (Phi) is 4.44. The molecular weight excluding hydrogens is 228 g/mol. The minimum absolute atomic E-state index is 0.420. The molecule has 0 spiro atoms. The molecule has 2 rings (SSSR count). The highest BCUT2D eigenvalue weighted by Gasteiger charge is 2.19. The van der Waals surface area contributed by atoms with Crippen LogP contribution in [-0.2, 0) is 11.3 Å². The van der Waals surface area contributed by atoms with Gasteiger partial charge in [0.15, 0.2) is 0 Å². The minimum atomic E-state index is 0.420. The average Bonchev–Trinajstić information content (AvgIpc) is 2.42.